The van der Waals surface area contributed by atoms with E-state index in [1.807, 2.05) is 10.5 Å². The number of carbonyl (C=O) groups is 1. The fourth-order valence-corrected chi connectivity index (χ4v) is 4.24. The number of halogens is 1. The van der Waals surface area contributed by atoms with Crippen LogP contribution in [-0.4, -0.2) is 55.0 Å². The third-order valence-corrected chi connectivity index (χ3v) is 5.61. The number of nitrogens with zero attached hydrogens (tertiary/aromatic N) is 4. The number of β-amino-alcohol motifs (C(OH)–C–C–N with tert-alkyl or cyclic N) is 1. The molecule has 0 aliphatic carbocycles. The number of ether oxygens (including phenoxy) is 1. The molecule has 0 saturated carbocycles. The molecular weight excluding hydrogens is 389 g/mol. The Balaban J connectivity index is 1.78. The molecule has 9 heteroatoms. The molecule has 2 N–H and O–H groups in total. The minimum Gasteiger partial charge on any atom is -0.494 e. The highest BCUT2D eigenvalue weighted by Gasteiger charge is 2.37. The number of amides is 1. The van der Waals surface area contributed by atoms with Crippen LogP contribution in [0.2, 0.25) is 0 Å². The van der Waals surface area contributed by atoms with Crippen LogP contribution < -0.4 is 4.74 Å². The summed E-state index contributed by atoms with van der Waals surface area (Å²) < 4.78 is 21.3. The molecule has 8 nitrogen and oxygen atoms in total. The van der Waals surface area contributed by atoms with E-state index >= 15 is 0 Å². The van der Waals surface area contributed by atoms with E-state index in [1.165, 1.54) is 20.1 Å². The number of imidazole rings is 1. The summed E-state index contributed by atoms with van der Waals surface area (Å²) in [7, 11) is 1.41. The van der Waals surface area contributed by atoms with Crippen LogP contribution in [0, 0.1) is 5.82 Å². The molecular formula is C21H20FN5O3. The minimum absolute atomic E-state index is 0.135. The molecule has 1 amide bonds. The summed E-state index contributed by atoms with van der Waals surface area (Å²) >= 11 is 0. The number of likely N-dealkylation sites (tertiary alicyclic amines) is 1. The second kappa shape index (κ2) is 6.81. The predicted molar refractivity (Wildman–Crippen MR) is 108 cm³/mol. The summed E-state index contributed by atoms with van der Waals surface area (Å²) in [6, 6.07) is 6.14. The normalized spacial score (nSPS) is 19.1. The van der Waals surface area contributed by atoms with Gasteiger partial charge in [-0.2, -0.15) is 0 Å². The number of H-pyrrole nitrogens is 1. The minimum atomic E-state index is -0.628. The van der Waals surface area contributed by atoms with Crippen LogP contribution in [0.25, 0.3) is 27.9 Å². The van der Waals surface area contributed by atoms with Gasteiger partial charge in [0.05, 0.1) is 42.2 Å². The average Bonchev–Trinajstić information content (AvgIpc) is 3.43. The highest BCUT2D eigenvalue weighted by Crippen LogP contribution is 2.37. The van der Waals surface area contributed by atoms with Gasteiger partial charge in [0, 0.05) is 31.6 Å². The quantitative estimate of drug-likeness (QED) is 0.542. The highest BCUT2D eigenvalue weighted by atomic mass is 19.1. The zero-order valence-corrected chi connectivity index (χ0v) is 16.5. The summed E-state index contributed by atoms with van der Waals surface area (Å²) in [5.74, 6) is 0.130. The zero-order chi connectivity index (χ0) is 21.0. The Morgan fingerprint density at radius 3 is 2.90 bits per heavy atom. The van der Waals surface area contributed by atoms with Crippen LogP contribution in [0.5, 0.6) is 5.75 Å². The number of aromatic amines is 1. The number of carbonyl (C=O) groups excluding carboxylic acids is 1. The highest BCUT2D eigenvalue weighted by molar-refractivity contribution is 5.84. The molecule has 1 aliphatic heterocycles. The van der Waals surface area contributed by atoms with Crippen molar-refractivity contribution in [2.45, 2.75) is 25.5 Å². The summed E-state index contributed by atoms with van der Waals surface area (Å²) in [6.07, 6.45) is 3.20. The second-order valence-corrected chi connectivity index (χ2v) is 7.44. The van der Waals surface area contributed by atoms with Crippen LogP contribution in [0.1, 0.15) is 25.2 Å². The molecule has 2 atom stereocenters. The SMILES string of the molecule is COc1ccc(-c2nc(C3CC(O)CN3C(C)=O)n3c2cnc2[nH]ccc23)cc1F. The van der Waals surface area contributed by atoms with E-state index in [-0.39, 0.29) is 18.2 Å². The standard InChI is InChI=1S/C21H20FN5O3/c1-11(28)26-10-13(29)8-16(26)21-25-19(12-3-4-18(30-2)14(22)7-12)17-9-24-20-15(27(17)21)5-6-23-20/h3-7,9,13,16,23,29H,8,10H2,1-2H3. The van der Waals surface area contributed by atoms with Crippen molar-refractivity contribution < 1.29 is 19.0 Å². The number of nitrogens with one attached hydrogen (secondary N) is 1. The lowest BCUT2D eigenvalue weighted by Gasteiger charge is -2.22. The van der Waals surface area contributed by atoms with E-state index in [4.69, 9.17) is 9.72 Å². The van der Waals surface area contributed by atoms with E-state index in [2.05, 4.69) is 9.97 Å². The first-order valence-electron chi connectivity index (χ1n) is 9.61. The maximum absolute atomic E-state index is 14.4. The van der Waals surface area contributed by atoms with Crippen LogP contribution >= 0.6 is 0 Å². The van der Waals surface area contributed by atoms with Crippen molar-refractivity contribution in [2.75, 3.05) is 13.7 Å². The van der Waals surface area contributed by atoms with Crippen LogP contribution in [0.15, 0.2) is 36.7 Å². The van der Waals surface area contributed by atoms with Gasteiger partial charge in [-0.05, 0) is 24.3 Å². The Kier molecular flexibility index (Phi) is 4.21. The smallest absolute Gasteiger partial charge is 0.220 e. The van der Waals surface area contributed by atoms with Crippen molar-refractivity contribution >= 4 is 22.6 Å². The third-order valence-electron chi connectivity index (χ3n) is 5.61. The van der Waals surface area contributed by atoms with E-state index in [9.17, 15) is 14.3 Å². The monoisotopic (exact) mass is 409 g/mol. The largest absolute Gasteiger partial charge is 0.494 e. The number of rotatable bonds is 3. The number of aliphatic hydroxyl groups is 1. The molecule has 0 bridgehead atoms. The molecule has 0 radical (unpaired) electrons. The van der Waals surface area contributed by atoms with E-state index in [0.717, 1.165) is 5.52 Å². The van der Waals surface area contributed by atoms with Gasteiger partial charge in [0.15, 0.2) is 17.2 Å². The summed E-state index contributed by atoms with van der Waals surface area (Å²) in [6.45, 7) is 1.73. The third kappa shape index (κ3) is 2.73. The van der Waals surface area contributed by atoms with Crippen molar-refractivity contribution in [2.24, 2.45) is 0 Å². The van der Waals surface area contributed by atoms with Crippen molar-refractivity contribution in [3.8, 4) is 17.0 Å². The van der Waals surface area contributed by atoms with Gasteiger partial charge < -0.3 is 19.7 Å². The number of benzene rings is 1. The zero-order valence-electron chi connectivity index (χ0n) is 16.5. The fraction of sp³-hybridized carbons (Fsp3) is 0.286. The summed E-state index contributed by atoms with van der Waals surface area (Å²) in [5.41, 5.74) is 3.27. The second-order valence-electron chi connectivity index (χ2n) is 7.44. The first kappa shape index (κ1) is 18.6. The van der Waals surface area contributed by atoms with Gasteiger partial charge >= 0.3 is 0 Å². The molecule has 4 heterocycles. The number of hydrogen-bond donors (Lipinski definition) is 2. The first-order valence-corrected chi connectivity index (χ1v) is 9.61. The van der Waals surface area contributed by atoms with Crippen molar-refractivity contribution in [3.63, 3.8) is 0 Å². The predicted octanol–water partition coefficient (Wildman–Crippen LogP) is 2.68. The molecule has 1 aromatic carbocycles. The van der Waals surface area contributed by atoms with Gasteiger partial charge in [0.2, 0.25) is 5.91 Å². The lowest BCUT2D eigenvalue weighted by molar-refractivity contribution is -0.130. The molecule has 1 aliphatic rings. The Bertz CT molecular complexity index is 1280. The molecule has 4 aromatic rings. The molecule has 3 aromatic heterocycles. The van der Waals surface area contributed by atoms with Crippen LogP contribution in [-0.2, 0) is 4.79 Å². The van der Waals surface area contributed by atoms with Gasteiger partial charge in [-0.3, -0.25) is 9.20 Å². The van der Waals surface area contributed by atoms with Gasteiger partial charge in [0.25, 0.3) is 0 Å². The maximum atomic E-state index is 14.4. The number of fused-ring (bicyclic) bond motifs is 3. The van der Waals surface area contributed by atoms with E-state index < -0.39 is 18.0 Å². The fourth-order valence-electron chi connectivity index (χ4n) is 4.24. The van der Waals surface area contributed by atoms with Crippen molar-refractivity contribution in [3.05, 3.63) is 48.3 Å². The number of aromatic nitrogens is 4. The number of aliphatic hydroxyl groups excluding tert-OH is 1. The Morgan fingerprint density at radius 1 is 1.33 bits per heavy atom. The van der Waals surface area contributed by atoms with Crippen molar-refractivity contribution in [1.82, 2.24) is 24.3 Å². The Hall–Kier alpha value is -3.46. The lowest BCUT2D eigenvalue weighted by Crippen LogP contribution is -2.30. The van der Waals surface area contributed by atoms with Gasteiger partial charge in [0.1, 0.15) is 5.82 Å². The van der Waals surface area contributed by atoms with Gasteiger partial charge in [-0.25, -0.2) is 14.4 Å². The summed E-state index contributed by atoms with van der Waals surface area (Å²) in [4.78, 5) is 26.2. The Labute approximate surface area is 170 Å². The Morgan fingerprint density at radius 2 is 2.17 bits per heavy atom. The van der Waals surface area contributed by atoms with Gasteiger partial charge in [-0.1, -0.05) is 0 Å². The number of methoxy groups -OCH3 is 1. The van der Waals surface area contributed by atoms with Crippen LogP contribution in [0.4, 0.5) is 4.39 Å². The molecule has 0 spiro atoms. The average molecular weight is 409 g/mol. The summed E-state index contributed by atoms with van der Waals surface area (Å²) in [5, 5.41) is 10.2. The van der Waals surface area contributed by atoms with Crippen molar-refractivity contribution in [1.29, 1.82) is 0 Å². The molecule has 2 unspecified atom stereocenters. The molecule has 154 valence electrons. The lowest BCUT2D eigenvalue weighted by atomic mass is 10.1. The van der Waals surface area contributed by atoms with Gasteiger partial charge in [-0.15, -0.1) is 0 Å². The molecule has 30 heavy (non-hydrogen) atoms. The van der Waals surface area contributed by atoms with Crippen LogP contribution in [0.3, 0.4) is 0 Å². The topological polar surface area (TPSA) is 95.8 Å². The molecule has 1 fully saturated rings. The number of hydrogen-bond acceptors (Lipinski definition) is 5. The molecule has 1 saturated heterocycles. The first-order chi connectivity index (χ1) is 14.5. The van der Waals surface area contributed by atoms with E-state index in [1.54, 1.807) is 29.4 Å². The molecule has 5 rings (SSSR count). The van der Waals surface area contributed by atoms with E-state index in [0.29, 0.717) is 34.7 Å². The maximum Gasteiger partial charge on any atom is 0.220 e.